The second-order valence-corrected chi connectivity index (χ2v) is 5.01. The molecule has 1 heterocycles. The minimum absolute atomic E-state index is 0.246. The third kappa shape index (κ3) is 3.76. The molecule has 1 saturated heterocycles. The van der Waals surface area contributed by atoms with Gasteiger partial charge >= 0.3 is 5.97 Å². The van der Waals surface area contributed by atoms with E-state index in [9.17, 15) is 13.6 Å². The fourth-order valence-electron chi connectivity index (χ4n) is 2.62. The van der Waals surface area contributed by atoms with E-state index in [-0.39, 0.29) is 12.0 Å². The summed E-state index contributed by atoms with van der Waals surface area (Å²) in [6.07, 6.45) is 2.68. The van der Waals surface area contributed by atoms with Crippen molar-refractivity contribution in [3.8, 4) is 0 Å². The van der Waals surface area contributed by atoms with E-state index in [4.69, 9.17) is 4.74 Å². The standard InChI is InChI=1S/C15H19F2NO2/c1-2-20-15(19)14-5-3-4-6-18(14)10-11-7-12(16)9-13(17)8-11/h7-9,14H,2-6,10H2,1H3. The minimum atomic E-state index is -0.593. The molecule has 1 atom stereocenters. The van der Waals surface area contributed by atoms with Crippen molar-refractivity contribution >= 4 is 5.97 Å². The zero-order valence-corrected chi connectivity index (χ0v) is 11.6. The Balaban J connectivity index is 2.10. The van der Waals surface area contributed by atoms with Gasteiger partial charge in [0.1, 0.15) is 17.7 Å². The summed E-state index contributed by atoms with van der Waals surface area (Å²) in [5.41, 5.74) is 0.540. The molecule has 3 nitrogen and oxygen atoms in total. The second-order valence-electron chi connectivity index (χ2n) is 5.01. The van der Waals surface area contributed by atoms with Crippen molar-refractivity contribution in [3.63, 3.8) is 0 Å². The zero-order valence-electron chi connectivity index (χ0n) is 11.6. The quantitative estimate of drug-likeness (QED) is 0.796. The first-order chi connectivity index (χ1) is 9.60. The van der Waals surface area contributed by atoms with E-state index in [0.717, 1.165) is 31.9 Å². The van der Waals surface area contributed by atoms with Crippen LogP contribution in [0.25, 0.3) is 0 Å². The number of esters is 1. The lowest BCUT2D eigenvalue weighted by molar-refractivity contribution is -0.151. The molecule has 1 aromatic carbocycles. The Morgan fingerprint density at radius 1 is 1.30 bits per heavy atom. The van der Waals surface area contributed by atoms with Crippen molar-refractivity contribution in [2.24, 2.45) is 0 Å². The van der Waals surface area contributed by atoms with Crippen LogP contribution in [0, 0.1) is 11.6 Å². The summed E-state index contributed by atoms with van der Waals surface area (Å²) < 4.78 is 31.5. The molecule has 0 spiro atoms. The highest BCUT2D eigenvalue weighted by Gasteiger charge is 2.29. The van der Waals surface area contributed by atoms with Crippen LogP contribution in [0.5, 0.6) is 0 Å². The number of halogens is 2. The van der Waals surface area contributed by atoms with Crippen LogP contribution in [0.2, 0.25) is 0 Å². The Labute approximate surface area is 117 Å². The molecule has 1 aromatic rings. The van der Waals surface area contributed by atoms with E-state index < -0.39 is 11.6 Å². The molecule has 1 aliphatic heterocycles. The van der Waals surface area contributed by atoms with Crippen molar-refractivity contribution in [2.75, 3.05) is 13.2 Å². The van der Waals surface area contributed by atoms with E-state index in [1.54, 1.807) is 6.92 Å². The summed E-state index contributed by atoms with van der Waals surface area (Å²) in [5, 5.41) is 0. The van der Waals surface area contributed by atoms with Crippen molar-refractivity contribution in [1.82, 2.24) is 4.90 Å². The van der Waals surface area contributed by atoms with Gasteiger partial charge in [0, 0.05) is 12.6 Å². The number of likely N-dealkylation sites (tertiary alicyclic amines) is 1. The lowest BCUT2D eigenvalue weighted by Gasteiger charge is -2.33. The van der Waals surface area contributed by atoms with Gasteiger partial charge in [-0.25, -0.2) is 8.78 Å². The summed E-state index contributed by atoms with van der Waals surface area (Å²) in [6, 6.07) is 3.15. The Kier molecular flexibility index (Phi) is 5.06. The number of ether oxygens (including phenoxy) is 1. The van der Waals surface area contributed by atoms with Gasteiger partial charge in [-0.05, 0) is 44.0 Å². The summed E-state index contributed by atoms with van der Waals surface area (Å²) in [6.45, 7) is 3.21. The molecule has 0 aromatic heterocycles. The number of rotatable bonds is 4. The number of carbonyl (C=O) groups is 1. The maximum absolute atomic E-state index is 13.2. The molecule has 0 bridgehead atoms. The van der Waals surface area contributed by atoms with Gasteiger partial charge in [-0.1, -0.05) is 6.42 Å². The van der Waals surface area contributed by atoms with Crippen molar-refractivity contribution in [2.45, 2.75) is 38.8 Å². The summed E-state index contributed by atoms with van der Waals surface area (Å²) in [4.78, 5) is 13.9. The smallest absolute Gasteiger partial charge is 0.323 e. The third-order valence-electron chi connectivity index (χ3n) is 3.48. The highest BCUT2D eigenvalue weighted by molar-refractivity contribution is 5.75. The van der Waals surface area contributed by atoms with Crippen LogP contribution in [-0.2, 0) is 16.1 Å². The first-order valence-electron chi connectivity index (χ1n) is 6.96. The molecule has 1 unspecified atom stereocenters. The lowest BCUT2D eigenvalue weighted by atomic mass is 10.0. The van der Waals surface area contributed by atoms with Crippen LogP contribution in [0.1, 0.15) is 31.7 Å². The average molecular weight is 283 g/mol. The van der Waals surface area contributed by atoms with E-state index >= 15 is 0 Å². The van der Waals surface area contributed by atoms with Gasteiger partial charge in [0.05, 0.1) is 6.61 Å². The zero-order chi connectivity index (χ0) is 14.5. The molecule has 1 aliphatic rings. The molecule has 20 heavy (non-hydrogen) atoms. The Morgan fingerprint density at radius 2 is 2.00 bits per heavy atom. The van der Waals surface area contributed by atoms with Gasteiger partial charge in [-0.3, -0.25) is 9.69 Å². The largest absolute Gasteiger partial charge is 0.465 e. The highest BCUT2D eigenvalue weighted by Crippen LogP contribution is 2.21. The molecule has 0 N–H and O–H groups in total. The van der Waals surface area contributed by atoms with Crippen LogP contribution in [0.3, 0.4) is 0 Å². The van der Waals surface area contributed by atoms with Gasteiger partial charge in [-0.2, -0.15) is 0 Å². The number of nitrogens with zero attached hydrogens (tertiary/aromatic N) is 1. The molecule has 5 heteroatoms. The van der Waals surface area contributed by atoms with E-state index in [2.05, 4.69) is 0 Å². The molecule has 0 aliphatic carbocycles. The Hall–Kier alpha value is -1.49. The third-order valence-corrected chi connectivity index (χ3v) is 3.48. The maximum Gasteiger partial charge on any atom is 0.323 e. The number of hydrogen-bond acceptors (Lipinski definition) is 3. The van der Waals surface area contributed by atoms with Crippen LogP contribution in [0.15, 0.2) is 18.2 Å². The van der Waals surface area contributed by atoms with E-state index in [1.807, 2.05) is 4.90 Å². The van der Waals surface area contributed by atoms with E-state index in [0.29, 0.717) is 18.7 Å². The van der Waals surface area contributed by atoms with Gasteiger partial charge in [-0.15, -0.1) is 0 Å². The van der Waals surface area contributed by atoms with Crippen molar-refractivity contribution < 1.29 is 18.3 Å². The molecule has 2 rings (SSSR count). The lowest BCUT2D eigenvalue weighted by Crippen LogP contribution is -2.44. The van der Waals surface area contributed by atoms with Gasteiger partial charge in [0.2, 0.25) is 0 Å². The molecular formula is C15H19F2NO2. The molecule has 1 fully saturated rings. The van der Waals surface area contributed by atoms with Crippen LogP contribution in [-0.4, -0.2) is 30.1 Å². The monoisotopic (exact) mass is 283 g/mol. The Bertz CT molecular complexity index is 459. The number of benzene rings is 1. The number of hydrogen-bond donors (Lipinski definition) is 0. The topological polar surface area (TPSA) is 29.5 Å². The first kappa shape index (κ1) is 14.9. The van der Waals surface area contributed by atoms with E-state index in [1.165, 1.54) is 12.1 Å². The molecular weight excluding hydrogens is 264 g/mol. The van der Waals surface area contributed by atoms with Gasteiger partial charge in [0.15, 0.2) is 0 Å². The van der Waals surface area contributed by atoms with Crippen molar-refractivity contribution in [3.05, 3.63) is 35.4 Å². The van der Waals surface area contributed by atoms with Gasteiger partial charge in [0.25, 0.3) is 0 Å². The van der Waals surface area contributed by atoms with Crippen molar-refractivity contribution in [1.29, 1.82) is 0 Å². The first-order valence-corrected chi connectivity index (χ1v) is 6.96. The number of piperidine rings is 1. The summed E-state index contributed by atoms with van der Waals surface area (Å²) >= 11 is 0. The minimum Gasteiger partial charge on any atom is -0.465 e. The second kappa shape index (κ2) is 6.79. The summed E-state index contributed by atoms with van der Waals surface area (Å²) in [7, 11) is 0. The molecule has 0 saturated carbocycles. The maximum atomic E-state index is 13.2. The predicted molar refractivity (Wildman–Crippen MR) is 71.0 cm³/mol. The van der Waals surface area contributed by atoms with Crippen LogP contribution in [0.4, 0.5) is 8.78 Å². The van der Waals surface area contributed by atoms with Gasteiger partial charge < -0.3 is 4.74 Å². The fourth-order valence-corrected chi connectivity index (χ4v) is 2.62. The summed E-state index contributed by atoms with van der Waals surface area (Å²) in [5.74, 6) is -1.43. The molecule has 0 amide bonds. The van der Waals surface area contributed by atoms with Crippen LogP contribution >= 0.6 is 0 Å². The SMILES string of the molecule is CCOC(=O)C1CCCCN1Cc1cc(F)cc(F)c1. The Morgan fingerprint density at radius 3 is 2.65 bits per heavy atom. The highest BCUT2D eigenvalue weighted by atomic mass is 19.1. The molecule has 110 valence electrons. The fraction of sp³-hybridized carbons (Fsp3) is 0.533. The average Bonchev–Trinajstić information content (AvgIpc) is 2.38. The number of carbonyl (C=O) groups excluding carboxylic acids is 1. The normalized spacial score (nSPS) is 19.9. The predicted octanol–water partition coefficient (Wildman–Crippen LogP) is 2.88. The molecule has 0 radical (unpaired) electrons. The van der Waals surface area contributed by atoms with Crippen LogP contribution < -0.4 is 0 Å².